The third kappa shape index (κ3) is 3.64. The van der Waals surface area contributed by atoms with Crippen LogP contribution in [-0.2, 0) is 0 Å². The van der Waals surface area contributed by atoms with Crippen LogP contribution in [0, 0.1) is 0 Å². The molecule has 0 spiro atoms. The van der Waals surface area contributed by atoms with E-state index in [4.69, 9.17) is 20.4 Å². The van der Waals surface area contributed by atoms with Crippen LogP contribution < -0.4 is 15.2 Å². The van der Waals surface area contributed by atoms with Crippen molar-refractivity contribution in [1.29, 1.82) is 0 Å². The minimum atomic E-state index is -0.0165. The molecule has 0 bridgehead atoms. The molecule has 0 radical (unpaired) electrons. The second kappa shape index (κ2) is 6.77. The topological polar surface area (TPSA) is 90.0 Å². The fourth-order valence-electron chi connectivity index (χ4n) is 1.54. The summed E-state index contributed by atoms with van der Waals surface area (Å²) in [6.07, 6.45) is 1.51. The van der Waals surface area contributed by atoms with Crippen LogP contribution in [0.15, 0.2) is 44.6 Å². The summed E-state index contributed by atoms with van der Waals surface area (Å²) < 4.78 is 12.3. The van der Waals surface area contributed by atoms with E-state index in [2.05, 4.69) is 42.0 Å². The molecule has 0 unspecified atom stereocenters. The molecule has 1 aromatic heterocycles. The zero-order valence-corrected chi connectivity index (χ0v) is 14.1. The van der Waals surface area contributed by atoms with Crippen LogP contribution in [0.5, 0.6) is 17.4 Å². The van der Waals surface area contributed by atoms with Crippen molar-refractivity contribution in [2.75, 3.05) is 7.11 Å². The molecule has 0 amide bonds. The summed E-state index contributed by atoms with van der Waals surface area (Å²) >= 11 is 6.78. The molecule has 0 aliphatic rings. The molecule has 2 aromatic rings. The van der Waals surface area contributed by atoms with E-state index in [1.165, 1.54) is 6.20 Å². The molecule has 0 aliphatic heterocycles. The largest absolute Gasteiger partial charge is 0.496 e. The normalized spacial score (nSPS) is 11.3. The number of hydrogen-bond acceptors (Lipinski definition) is 5. The monoisotopic (exact) mass is 415 g/mol. The van der Waals surface area contributed by atoms with Crippen molar-refractivity contribution in [3.05, 3.63) is 45.0 Å². The van der Waals surface area contributed by atoms with Gasteiger partial charge in [0.15, 0.2) is 5.84 Å². The molecule has 0 fully saturated rings. The average Bonchev–Trinajstić information content (AvgIpc) is 2.50. The van der Waals surface area contributed by atoms with Crippen LogP contribution in [0.3, 0.4) is 0 Å². The number of pyridine rings is 1. The summed E-state index contributed by atoms with van der Waals surface area (Å²) in [5.74, 6) is 1.52. The Hall–Kier alpha value is -1.80. The van der Waals surface area contributed by atoms with Gasteiger partial charge in [-0.25, -0.2) is 4.98 Å². The van der Waals surface area contributed by atoms with E-state index in [0.29, 0.717) is 27.4 Å². The second-order valence-electron chi connectivity index (χ2n) is 3.89. The second-order valence-corrected chi connectivity index (χ2v) is 5.60. The fourth-order valence-corrected chi connectivity index (χ4v) is 2.43. The summed E-state index contributed by atoms with van der Waals surface area (Å²) in [5.41, 5.74) is 6.04. The number of oxime groups is 1. The minimum absolute atomic E-state index is 0.0165. The molecule has 1 aromatic carbocycles. The highest BCUT2D eigenvalue weighted by Gasteiger charge is 2.10. The quantitative estimate of drug-likeness (QED) is 0.344. The van der Waals surface area contributed by atoms with Crippen molar-refractivity contribution in [2.24, 2.45) is 10.9 Å². The summed E-state index contributed by atoms with van der Waals surface area (Å²) in [7, 11) is 1.58. The van der Waals surface area contributed by atoms with Gasteiger partial charge in [0.05, 0.1) is 16.1 Å². The maximum absolute atomic E-state index is 8.68. The van der Waals surface area contributed by atoms with E-state index in [-0.39, 0.29) is 5.84 Å². The van der Waals surface area contributed by atoms with Gasteiger partial charge in [0, 0.05) is 17.8 Å². The van der Waals surface area contributed by atoms with Gasteiger partial charge in [0.25, 0.3) is 0 Å². The van der Waals surface area contributed by atoms with Gasteiger partial charge in [-0.1, -0.05) is 5.16 Å². The Balaban J connectivity index is 2.32. The average molecular weight is 417 g/mol. The summed E-state index contributed by atoms with van der Waals surface area (Å²) in [5, 5.41) is 11.6. The molecule has 6 nitrogen and oxygen atoms in total. The first-order valence-electron chi connectivity index (χ1n) is 5.70. The first-order valence-corrected chi connectivity index (χ1v) is 7.28. The van der Waals surface area contributed by atoms with Gasteiger partial charge in [0.2, 0.25) is 5.88 Å². The lowest BCUT2D eigenvalue weighted by Gasteiger charge is -2.10. The third-order valence-corrected chi connectivity index (χ3v) is 3.80. The fraction of sp³-hybridized carbons (Fsp3) is 0.0769. The summed E-state index contributed by atoms with van der Waals surface area (Å²) in [6.45, 7) is 0. The molecular formula is C13H11Br2N3O3. The lowest BCUT2D eigenvalue weighted by atomic mass is 10.2. The summed E-state index contributed by atoms with van der Waals surface area (Å²) in [6, 6.07) is 6.70. The predicted molar refractivity (Wildman–Crippen MR) is 85.2 cm³/mol. The number of rotatable bonds is 4. The zero-order valence-electron chi connectivity index (χ0n) is 10.9. The Kier molecular flexibility index (Phi) is 5.03. The smallest absolute Gasteiger partial charge is 0.219 e. The van der Waals surface area contributed by atoms with Crippen molar-refractivity contribution in [1.82, 2.24) is 4.98 Å². The molecule has 0 saturated heterocycles. The standard InChI is InChI=1S/C13H11Br2N3O3/c1-20-10-5-9(15)11(6-8(10)14)21-12-4-7(2-3-17-12)13(16)18-19/h2-6,19H,1H3,(H2,16,18). The maximum atomic E-state index is 8.68. The zero-order chi connectivity index (χ0) is 15.4. The molecule has 0 atom stereocenters. The lowest BCUT2D eigenvalue weighted by molar-refractivity contribution is 0.318. The number of nitrogens with zero attached hydrogens (tertiary/aromatic N) is 2. The van der Waals surface area contributed by atoms with Gasteiger partial charge in [-0.2, -0.15) is 0 Å². The molecule has 3 N–H and O–H groups in total. The Morgan fingerprint density at radius 2 is 1.90 bits per heavy atom. The SMILES string of the molecule is COc1cc(Br)c(Oc2cc(C(N)=NO)ccn2)cc1Br. The van der Waals surface area contributed by atoms with Crippen LogP contribution in [0.4, 0.5) is 0 Å². The number of benzene rings is 1. The number of ether oxygens (including phenoxy) is 2. The number of nitrogens with two attached hydrogens (primary N) is 1. The van der Waals surface area contributed by atoms with E-state index in [1.807, 2.05) is 0 Å². The molecule has 0 saturated carbocycles. The molecule has 110 valence electrons. The van der Waals surface area contributed by atoms with Crippen LogP contribution in [0.1, 0.15) is 5.56 Å². The number of aromatic nitrogens is 1. The minimum Gasteiger partial charge on any atom is -0.496 e. The van der Waals surface area contributed by atoms with E-state index in [9.17, 15) is 0 Å². The van der Waals surface area contributed by atoms with E-state index >= 15 is 0 Å². The predicted octanol–water partition coefficient (Wildman–Crippen LogP) is 3.50. The Morgan fingerprint density at radius 1 is 1.24 bits per heavy atom. The maximum Gasteiger partial charge on any atom is 0.219 e. The Labute approximate surface area is 137 Å². The van der Waals surface area contributed by atoms with Crippen molar-refractivity contribution in [3.63, 3.8) is 0 Å². The molecule has 21 heavy (non-hydrogen) atoms. The highest BCUT2D eigenvalue weighted by molar-refractivity contribution is 9.11. The highest BCUT2D eigenvalue weighted by atomic mass is 79.9. The molecule has 1 heterocycles. The van der Waals surface area contributed by atoms with Crippen LogP contribution >= 0.6 is 31.9 Å². The van der Waals surface area contributed by atoms with Gasteiger partial charge in [-0.05, 0) is 50.1 Å². The van der Waals surface area contributed by atoms with Gasteiger partial charge in [-0.3, -0.25) is 0 Å². The van der Waals surface area contributed by atoms with Crippen molar-refractivity contribution in [3.8, 4) is 17.4 Å². The first kappa shape index (κ1) is 15.6. The number of hydrogen-bond donors (Lipinski definition) is 2. The summed E-state index contributed by atoms with van der Waals surface area (Å²) in [4.78, 5) is 4.08. The van der Waals surface area contributed by atoms with Crippen LogP contribution in [0.2, 0.25) is 0 Å². The van der Waals surface area contributed by atoms with E-state index in [0.717, 1.165) is 4.47 Å². The van der Waals surface area contributed by atoms with Crippen molar-refractivity contribution >= 4 is 37.7 Å². The molecule has 2 rings (SSSR count). The number of methoxy groups -OCH3 is 1. The van der Waals surface area contributed by atoms with Gasteiger partial charge in [0.1, 0.15) is 11.5 Å². The van der Waals surface area contributed by atoms with Gasteiger partial charge >= 0.3 is 0 Å². The Morgan fingerprint density at radius 3 is 2.57 bits per heavy atom. The third-order valence-electron chi connectivity index (χ3n) is 2.56. The molecule has 0 aliphatic carbocycles. The number of halogens is 2. The lowest BCUT2D eigenvalue weighted by Crippen LogP contribution is -2.13. The van der Waals surface area contributed by atoms with E-state index < -0.39 is 0 Å². The van der Waals surface area contributed by atoms with Gasteiger partial charge < -0.3 is 20.4 Å². The van der Waals surface area contributed by atoms with Gasteiger partial charge in [-0.15, -0.1) is 0 Å². The van der Waals surface area contributed by atoms with E-state index in [1.54, 1.807) is 31.4 Å². The first-order chi connectivity index (χ1) is 10.0. The Bertz CT molecular complexity index is 692. The number of amidine groups is 1. The van der Waals surface area contributed by atoms with Crippen molar-refractivity contribution < 1.29 is 14.7 Å². The highest BCUT2D eigenvalue weighted by Crippen LogP contribution is 2.37. The molecular weight excluding hydrogens is 406 g/mol. The molecule has 8 heteroatoms. The van der Waals surface area contributed by atoms with Crippen molar-refractivity contribution in [2.45, 2.75) is 0 Å². The van der Waals surface area contributed by atoms with Crippen LogP contribution in [-0.4, -0.2) is 23.1 Å². The van der Waals surface area contributed by atoms with Crippen LogP contribution in [0.25, 0.3) is 0 Å².